The van der Waals surface area contributed by atoms with E-state index in [1.54, 1.807) is 7.05 Å². The summed E-state index contributed by atoms with van der Waals surface area (Å²) < 4.78 is 27.7. The lowest BCUT2D eigenvalue weighted by Crippen LogP contribution is -2.31. The highest BCUT2D eigenvalue weighted by Gasteiger charge is 2.19. The Balaban J connectivity index is 2.94. The Hall–Kier alpha value is -0.690. The van der Waals surface area contributed by atoms with Crippen molar-refractivity contribution in [1.82, 2.24) is 4.90 Å². The topological polar surface area (TPSA) is 63.7 Å². The molecule has 5 nitrogen and oxygen atoms in total. The van der Waals surface area contributed by atoms with Gasteiger partial charge in [-0.3, -0.25) is 4.79 Å². The summed E-state index contributed by atoms with van der Waals surface area (Å²) in [4.78, 5) is 12.7. The van der Waals surface area contributed by atoms with Crippen LogP contribution < -0.4 is 4.74 Å². The molecule has 0 aliphatic carbocycles. The van der Waals surface area contributed by atoms with Crippen molar-refractivity contribution in [2.45, 2.75) is 11.8 Å². The van der Waals surface area contributed by atoms with E-state index >= 15 is 0 Å². The summed E-state index contributed by atoms with van der Waals surface area (Å²) in [6.07, 6.45) is 0. The van der Waals surface area contributed by atoms with E-state index in [1.807, 2.05) is 6.92 Å². The molecule has 0 heterocycles. The van der Waals surface area contributed by atoms with Gasteiger partial charge in [0.15, 0.2) is 6.61 Å². The summed E-state index contributed by atoms with van der Waals surface area (Å²) >= 11 is 11.7. The average Bonchev–Trinajstić information content (AvgIpc) is 2.36. The number of rotatable bonds is 5. The molecule has 1 aromatic carbocycles. The highest BCUT2D eigenvalue weighted by molar-refractivity contribution is 8.13. The van der Waals surface area contributed by atoms with Crippen molar-refractivity contribution < 1.29 is 17.9 Å². The number of hydrogen-bond acceptors (Lipinski definition) is 4. The monoisotopic (exact) mass is 359 g/mol. The third-order valence-electron chi connectivity index (χ3n) is 2.50. The van der Waals surface area contributed by atoms with Crippen LogP contribution in [0.15, 0.2) is 17.0 Å². The molecule has 0 radical (unpaired) electrons. The number of carbonyl (C=O) groups is 1. The molecule has 0 aromatic heterocycles. The van der Waals surface area contributed by atoms with Gasteiger partial charge in [0.25, 0.3) is 15.0 Å². The quantitative estimate of drug-likeness (QED) is 0.757. The van der Waals surface area contributed by atoms with E-state index in [-0.39, 0.29) is 33.2 Å². The molecule has 112 valence electrons. The van der Waals surface area contributed by atoms with Crippen molar-refractivity contribution >= 4 is 48.8 Å². The second-order valence-electron chi connectivity index (χ2n) is 3.85. The summed E-state index contributed by atoms with van der Waals surface area (Å²) in [5.41, 5.74) is 0. The fraction of sp³-hybridized carbons (Fsp3) is 0.364. The molecule has 0 aliphatic heterocycles. The maximum absolute atomic E-state index is 11.6. The molecule has 1 aromatic rings. The molecular formula is C11H12Cl3NO4S. The Morgan fingerprint density at radius 1 is 1.30 bits per heavy atom. The van der Waals surface area contributed by atoms with Gasteiger partial charge in [0, 0.05) is 30.3 Å². The lowest BCUT2D eigenvalue weighted by Gasteiger charge is -2.15. The lowest BCUT2D eigenvalue weighted by molar-refractivity contribution is -0.131. The predicted octanol–water partition coefficient (Wildman–Crippen LogP) is 2.78. The standard InChI is InChI=1S/C11H12Cl3NO4S/c1-3-15(2)11(16)6-19-9-4-8(13)10(5-7(9)12)20(14,17)18/h4-5H,3,6H2,1-2H3. The molecule has 0 N–H and O–H groups in total. The van der Waals surface area contributed by atoms with Crippen molar-refractivity contribution in [1.29, 1.82) is 0 Å². The molecule has 0 atom stereocenters. The number of halogens is 3. The van der Waals surface area contributed by atoms with Gasteiger partial charge in [0.1, 0.15) is 10.6 Å². The molecule has 0 unspecified atom stereocenters. The van der Waals surface area contributed by atoms with E-state index in [9.17, 15) is 13.2 Å². The van der Waals surface area contributed by atoms with Crippen molar-refractivity contribution in [3.8, 4) is 5.75 Å². The number of likely N-dealkylation sites (N-methyl/N-ethyl adjacent to an activating group) is 1. The highest BCUT2D eigenvalue weighted by Crippen LogP contribution is 2.34. The van der Waals surface area contributed by atoms with Crippen LogP contribution in [0.4, 0.5) is 0 Å². The fourth-order valence-electron chi connectivity index (χ4n) is 1.23. The van der Waals surface area contributed by atoms with Gasteiger partial charge in [-0.25, -0.2) is 8.42 Å². The van der Waals surface area contributed by atoms with Crippen LogP contribution in [0.3, 0.4) is 0 Å². The van der Waals surface area contributed by atoms with Crippen LogP contribution in [0.25, 0.3) is 0 Å². The minimum absolute atomic E-state index is 0.000534. The SMILES string of the molecule is CCN(C)C(=O)COc1cc(Cl)c(S(=O)(=O)Cl)cc1Cl. The van der Waals surface area contributed by atoms with Crippen LogP contribution in [0.5, 0.6) is 5.75 Å². The van der Waals surface area contributed by atoms with Gasteiger partial charge in [-0.05, 0) is 13.0 Å². The number of benzene rings is 1. The number of carbonyl (C=O) groups excluding carboxylic acids is 1. The number of nitrogens with zero attached hydrogens (tertiary/aromatic N) is 1. The zero-order valence-corrected chi connectivity index (χ0v) is 13.8. The van der Waals surface area contributed by atoms with E-state index < -0.39 is 9.05 Å². The third-order valence-corrected chi connectivity index (χ3v) is 4.58. The van der Waals surface area contributed by atoms with Gasteiger partial charge in [-0.1, -0.05) is 23.2 Å². The molecule has 0 aliphatic rings. The summed E-state index contributed by atoms with van der Waals surface area (Å²) in [6, 6.07) is 2.29. The van der Waals surface area contributed by atoms with Gasteiger partial charge in [0.2, 0.25) is 0 Å². The second-order valence-corrected chi connectivity index (χ2v) is 7.20. The second kappa shape index (κ2) is 6.85. The first-order valence-electron chi connectivity index (χ1n) is 5.47. The first-order valence-corrected chi connectivity index (χ1v) is 8.53. The predicted molar refractivity (Wildman–Crippen MR) is 78.3 cm³/mol. The minimum Gasteiger partial charge on any atom is -0.482 e. The van der Waals surface area contributed by atoms with Crippen LogP contribution >= 0.6 is 33.9 Å². The number of amides is 1. The van der Waals surface area contributed by atoms with Crippen LogP contribution in [0.2, 0.25) is 10.0 Å². The van der Waals surface area contributed by atoms with Crippen molar-refractivity contribution in [3.05, 3.63) is 22.2 Å². The summed E-state index contributed by atoms with van der Waals surface area (Å²) in [6.45, 7) is 2.13. The summed E-state index contributed by atoms with van der Waals surface area (Å²) in [5.74, 6) is -0.132. The first-order chi connectivity index (χ1) is 9.16. The van der Waals surface area contributed by atoms with Crippen LogP contribution in [0, 0.1) is 0 Å². The molecular weight excluding hydrogens is 349 g/mol. The van der Waals surface area contributed by atoms with Gasteiger partial charge in [-0.2, -0.15) is 0 Å². The fourth-order valence-corrected chi connectivity index (χ4v) is 3.03. The van der Waals surface area contributed by atoms with E-state index in [0.717, 1.165) is 6.07 Å². The summed E-state index contributed by atoms with van der Waals surface area (Å²) in [5, 5.41) is -0.128. The largest absolute Gasteiger partial charge is 0.482 e. The Morgan fingerprint density at radius 2 is 1.90 bits per heavy atom. The maximum Gasteiger partial charge on any atom is 0.262 e. The molecule has 20 heavy (non-hydrogen) atoms. The molecule has 1 rings (SSSR count). The van der Waals surface area contributed by atoms with Gasteiger partial charge < -0.3 is 9.64 Å². The smallest absolute Gasteiger partial charge is 0.262 e. The zero-order valence-electron chi connectivity index (χ0n) is 10.7. The molecule has 0 saturated carbocycles. The van der Waals surface area contributed by atoms with Gasteiger partial charge in [0.05, 0.1) is 10.0 Å². The molecule has 0 spiro atoms. The maximum atomic E-state index is 11.6. The van der Waals surface area contributed by atoms with Crippen molar-refractivity contribution in [2.24, 2.45) is 0 Å². The Bertz CT molecular complexity index is 618. The normalized spacial score (nSPS) is 11.2. The van der Waals surface area contributed by atoms with Gasteiger partial charge >= 0.3 is 0 Å². The molecule has 0 fully saturated rings. The first kappa shape index (κ1) is 17.4. The molecule has 1 amide bonds. The van der Waals surface area contributed by atoms with E-state index in [2.05, 4.69) is 0 Å². The Morgan fingerprint density at radius 3 is 2.40 bits per heavy atom. The van der Waals surface area contributed by atoms with Crippen LogP contribution in [0.1, 0.15) is 6.92 Å². The average molecular weight is 361 g/mol. The van der Waals surface area contributed by atoms with E-state index in [1.165, 1.54) is 11.0 Å². The Kier molecular flexibility index (Phi) is 5.94. The third kappa shape index (κ3) is 4.41. The van der Waals surface area contributed by atoms with Crippen LogP contribution in [-0.4, -0.2) is 39.4 Å². The summed E-state index contributed by atoms with van der Waals surface area (Å²) in [7, 11) is 2.84. The molecule has 0 bridgehead atoms. The van der Waals surface area contributed by atoms with Gasteiger partial charge in [-0.15, -0.1) is 0 Å². The highest BCUT2D eigenvalue weighted by atomic mass is 35.7. The van der Waals surface area contributed by atoms with E-state index in [4.69, 9.17) is 38.6 Å². The van der Waals surface area contributed by atoms with Crippen molar-refractivity contribution in [3.63, 3.8) is 0 Å². The molecule has 0 saturated heterocycles. The van der Waals surface area contributed by atoms with Crippen molar-refractivity contribution in [2.75, 3.05) is 20.2 Å². The van der Waals surface area contributed by atoms with Crippen LogP contribution in [-0.2, 0) is 13.8 Å². The van der Waals surface area contributed by atoms with E-state index in [0.29, 0.717) is 6.54 Å². The minimum atomic E-state index is -4.00. The lowest BCUT2D eigenvalue weighted by atomic mass is 10.3. The number of hydrogen-bond donors (Lipinski definition) is 0. The number of ether oxygens (including phenoxy) is 1. The zero-order chi connectivity index (χ0) is 15.5. The molecule has 9 heteroatoms. The Labute approximate surface area is 131 Å².